The van der Waals surface area contributed by atoms with Crippen LogP contribution in [0.2, 0.25) is 0 Å². The van der Waals surface area contributed by atoms with Crippen molar-refractivity contribution >= 4 is 47.2 Å². The van der Waals surface area contributed by atoms with Gasteiger partial charge >= 0.3 is 0 Å². The predicted molar refractivity (Wildman–Crippen MR) is 65.2 cm³/mol. The highest BCUT2D eigenvalue weighted by atomic mass is 35.7. The molecule has 0 saturated heterocycles. The Kier molecular flexibility index (Phi) is 6.16. The van der Waals surface area contributed by atoms with Gasteiger partial charge in [-0.25, -0.2) is 0 Å². The van der Waals surface area contributed by atoms with E-state index in [2.05, 4.69) is 0 Å². The predicted octanol–water partition coefficient (Wildman–Crippen LogP) is 3.73. The molecular formula is C9H10Cl3OP. The quantitative estimate of drug-likeness (QED) is 0.586. The molecule has 0 N–H and O–H groups in total. The number of rotatable bonds is 5. The largest absolute Gasteiger partial charge is 0.334 e. The van der Waals surface area contributed by atoms with Gasteiger partial charge in [0.2, 0.25) is 0 Å². The van der Waals surface area contributed by atoms with Crippen LogP contribution in [0.4, 0.5) is 0 Å². The Morgan fingerprint density at radius 3 is 2.21 bits per heavy atom. The first-order valence-corrected chi connectivity index (χ1v) is 7.31. The zero-order valence-corrected chi connectivity index (χ0v) is 10.5. The average molecular weight is 272 g/mol. The van der Waals surface area contributed by atoms with Crippen LogP contribution in [0.1, 0.15) is 0 Å². The van der Waals surface area contributed by atoms with Crippen molar-refractivity contribution in [1.82, 2.24) is 0 Å². The van der Waals surface area contributed by atoms with Crippen LogP contribution in [0.15, 0.2) is 30.3 Å². The van der Waals surface area contributed by atoms with Crippen LogP contribution < -0.4 is 5.30 Å². The van der Waals surface area contributed by atoms with Gasteiger partial charge in [0.1, 0.15) is 0 Å². The maximum Gasteiger partial charge on any atom is 0.157 e. The lowest BCUT2D eigenvalue weighted by Crippen LogP contribution is -2.15. The highest BCUT2D eigenvalue weighted by Crippen LogP contribution is 2.42. The second-order valence-electron chi connectivity index (χ2n) is 2.62. The lowest BCUT2D eigenvalue weighted by atomic mass is 10.4. The van der Waals surface area contributed by atoms with Crippen LogP contribution in [-0.2, 0) is 4.52 Å². The molecule has 0 saturated carbocycles. The Morgan fingerprint density at radius 1 is 1.14 bits per heavy atom. The molecule has 0 aromatic heterocycles. The standard InChI is InChI=1S/C9H10Cl3OP/c10-6-8(7-11)13-14(12)9-4-2-1-3-5-9/h1-5,8H,6-7H2. The van der Waals surface area contributed by atoms with Crippen LogP contribution in [0.3, 0.4) is 0 Å². The molecule has 0 spiro atoms. The van der Waals surface area contributed by atoms with Gasteiger partial charge in [-0.1, -0.05) is 41.6 Å². The molecule has 78 valence electrons. The second kappa shape index (κ2) is 6.87. The molecule has 1 unspecified atom stereocenters. The lowest BCUT2D eigenvalue weighted by molar-refractivity contribution is 0.287. The van der Waals surface area contributed by atoms with E-state index in [0.29, 0.717) is 11.8 Å². The summed E-state index contributed by atoms with van der Waals surface area (Å²) >= 11 is 17.4. The summed E-state index contributed by atoms with van der Waals surface area (Å²) in [7, 11) is -1.12. The first kappa shape index (κ1) is 12.5. The van der Waals surface area contributed by atoms with Gasteiger partial charge in [0.25, 0.3) is 0 Å². The first-order chi connectivity index (χ1) is 6.77. The molecule has 0 aliphatic rings. The minimum atomic E-state index is -1.12. The Bertz CT molecular complexity index is 253. The van der Waals surface area contributed by atoms with Gasteiger partial charge in [-0.15, -0.1) is 23.2 Å². The van der Waals surface area contributed by atoms with Crippen molar-refractivity contribution in [2.45, 2.75) is 6.10 Å². The molecule has 1 aromatic carbocycles. The van der Waals surface area contributed by atoms with Crippen LogP contribution in [0, 0.1) is 0 Å². The van der Waals surface area contributed by atoms with Crippen molar-refractivity contribution < 1.29 is 4.52 Å². The van der Waals surface area contributed by atoms with E-state index in [1.807, 2.05) is 30.3 Å². The van der Waals surface area contributed by atoms with Gasteiger partial charge in [-0.3, -0.25) is 0 Å². The van der Waals surface area contributed by atoms with Crippen molar-refractivity contribution in [2.24, 2.45) is 0 Å². The molecule has 1 rings (SSSR count). The van der Waals surface area contributed by atoms with Crippen LogP contribution in [0.25, 0.3) is 0 Å². The lowest BCUT2D eigenvalue weighted by Gasteiger charge is -2.16. The van der Waals surface area contributed by atoms with Gasteiger partial charge < -0.3 is 4.52 Å². The Labute approximate surface area is 99.9 Å². The maximum absolute atomic E-state index is 6.08. The Hall–Kier alpha value is 0.480. The fourth-order valence-corrected chi connectivity index (χ4v) is 3.08. The molecule has 0 aliphatic carbocycles. The topological polar surface area (TPSA) is 9.23 Å². The van der Waals surface area contributed by atoms with Gasteiger partial charge in [0, 0.05) is 5.30 Å². The highest BCUT2D eigenvalue weighted by Gasteiger charge is 2.14. The number of alkyl halides is 2. The number of benzene rings is 1. The highest BCUT2D eigenvalue weighted by molar-refractivity contribution is 7.86. The fraction of sp³-hybridized carbons (Fsp3) is 0.333. The van der Waals surface area contributed by atoms with Crippen LogP contribution in [-0.4, -0.2) is 17.9 Å². The number of hydrogen-bond acceptors (Lipinski definition) is 1. The average Bonchev–Trinajstić information content (AvgIpc) is 2.26. The molecule has 0 bridgehead atoms. The number of halogens is 3. The zero-order chi connectivity index (χ0) is 10.4. The molecule has 0 radical (unpaired) electrons. The summed E-state index contributed by atoms with van der Waals surface area (Å²) in [5.41, 5.74) is 0. The third-order valence-electron chi connectivity index (χ3n) is 1.55. The van der Waals surface area contributed by atoms with Crippen molar-refractivity contribution in [1.29, 1.82) is 0 Å². The van der Waals surface area contributed by atoms with Crippen molar-refractivity contribution in [3.8, 4) is 0 Å². The molecule has 0 fully saturated rings. The molecule has 0 amide bonds. The molecule has 1 nitrogen and oxygen atoms in total. The van der Waals surface area contributed by atoms with E-state index >= 15 is 0 Å². The van der Waals surface area contributed by atoms with E-state index in [-0.39, 0.29) is 6.10 Å². The smallest absolute Gasteiger partial charge is 0.157 e. The molecule has 0 heterocycles. The maximum atomic E-state index is 6.08. The van der Waals surface area contributed by atoms with E-state index in [9.17, 15) is 0 Å². The summed E-state index contributed by atoms with van der Waals surface area (Å²) in [4.78, 5) is 0. The summed E-state index contributed by atoms with van der Waals surface area (Å²) in [6.07, 6.45) is -0.179. The van der Waals surface area contributed by atoms with E-state index in [0.717, 1.165) is 5.30 Å². The normalized spacial score (nSPS) is 13.1. The van der Waals surface area contributed by atoms with Crippen LogP contribution in [0.5, 0.6) is 0 Å². The first-order valence-electron chi connectivity index (χ1n) is 4.07. The van der Waals surface area contributed by atoms with E-state index in [1.165, 1.54) is 0 Å². The monoisotopic (exact) mass is 270 g/mol. The van der Waals surface area contributed by atoms with Gasteiger partial charge in [0.05, 0.1) is 17.9 Å². The third kappa shape index (κ3) is 3.92. The summed E-state index contributed by atoms with van der Waals surface area (Å²) in [5, 5.41) is 0.976. The van der Waals surface area contributed by atoms with Gasteiger partial charge in [-0.2, -0.15) is 0 Å². The van der Waals surface area contributed by atoms with Crippen LogP contribution >= 0.6 is 41.9 Å². The number of hydrogen-bond donors (Lipinski definition) is 0. The molecular weight excluding hydrogens is 261 g/mol. The Morgan fingerprint density at radius 2 is 1.71 bits per heavy atom. The summed E-state index contributed by atoms with van der Waals surface area (Å²) in [6.45, 7) is 0. The second-order valence-corrected chi connectivity index (χ2v) is 5.37. The van der Waals surface area contributed by atoms with E-state index in [1.54, 1.807) is 0 Å². The zero-order valence-electron chi connectivity index (χ0n) is 7.37. The molecule has 5 heteroatoms. The molecule has 1 atom stereocenters. The minimum Gasteiger partial charge on any atom is -0.334 e. The summed E-state index contributed by atoms with van der Waals surface area (Å²) < 4.78 is 5.50. The van der Waals surface area contributed by atoms with Crippen molar-refractivity contribution in [3.63, 3.8) is 0 Å². The van der Waals surface area contributed by atoms with Crippen molar-refractivity contribution in [3.05, 3.63) is 30.3 Å². The molecule has 14 heavy (non-hydrogen) atoms. The summed E-state index contributed by atoms with van der Waals surface area (Å²) in [6, 6.07) is 9.64. The fourth-order valence-electron chi connectivity index (χ4n) is 0.835. The van der Waals surface area contributed by atoms with Crippen molar-refractivity contribution in [2.75, 3.05) is 11.8 Å². The molecule has 0 aliphatic heterocycles. The minimum absolute atomic E-state index is 0.179. The third-order valence-corrected chi connectivity index (χ3v) is 4.25. The SMILES string of the molecule is ClCC(CCl)OP(Cl)c1ccccc1. The van der Waals surface area contributed by atoms with Gasteiger partial charge in [-0.05, 0) is 0 Å². The Balaban J connectivity index is 2.54. The summed E-state index contributed by atoms with van der Waals surface area (Å²) in [5.74, 6) is 0.726. The van der Waals surface area contributed by atoms with E-state index < -0.39 is 7.50 Å². The molecule has 1 aromatic rings. The van der Waals surface area contributed by atoms with Gasteiger partial charge in [0.15, 0.2) is 7.50 Å². The van der Waals surface area contributed by atoms with E-state index in [4.69, 9.17) is 39.0 Å².